The standard InChI is InChI=1S/C27H23N3O7S/c1-37-27(34)23-19(17-10-9-15-5-2-3-6-16(15)13-17)14-38-24(23)28-21(31)11-12-29-25(32)18-7-4-8-20(30(35)36)22(18)26(29)33/h4,7-10,13-14H,2-3,5-6,11-12H2,1H3,(H,28,31). The summed E-state index contributed by atoms with van der Waals surface area (Å²) < 4.78 is 4.99. The first kappa shape index (κ1) is 25.3. The zero-order chi connectivity index (χ0) is 27.0. The number of imide groups is 1. The Hall–Kier alpha value is -4.38. The molecule has 0 radical (unpaired) electrons. The Bertz CT molecular complexity index is 1510. The largest absolute Gasteiger partial charge is 0.465 e. The van der Waals surface area contributed by atoms with Crippen molar-refractivity contribution in [2.45, 2.75) is 32.1 Å². The van der Waals surface area contributed by atoms with Gasteiger partial charge in [0, 0.05) is 30.0 Å². The molecule has 0 fully saturated rings. The predicted molar refractivity (Wildman–Crippen MR) is 139 cm³/mol. The van der Waals surface area contributed by atoms with Crippen LogP contribution in [0.1, 0.15) is 61.5 Å². The highest BCUT2D eigenvalue weighted by molar-refractivity contribution is 7.15. The molecule has 194 valence electrons. The maximum Gasteiger partial charge on any atom is 0.341 e. The van der Waals surface area contributed by atoms with Crippen LogP contribution in [-0.2, 0) is 22.4 Å². The van der Waals surface area contributed by atoms with Gasteiger partial charge in [-0.2, -0.15) is 0 Å². The fourth-order valence-corrected chi connectivity index (χ4v) is 5.91. The van der Waals surface area contributed by atoms with Gasteiger partial charge in [-0.1, -0.05) is 24.3 Å². The molecule has 1 aliphatic carbocycles. The maximum absolute atomic E-state index is 12.8. The molecule has 1 aliphatic heterocycles. The van der Waals surface area contributed by atoms with Crippen molar-refractivity contribution in [2.24, 2.45) is 0 Å². The van der Waals surface area contributed by atoms with Crippen molar-refractivity contribution in [1.29, 1.82) is 0 Å². The van der Waals surface area contributed by atoms with Crippen molar-refractivity contribution >= 4 is 45.7 Å². The number of fused-ring (bicyclic) bond motifs is 2. The highest BCUT2D eigenvalue weighted by atomic mass is 32.1. The minimum absolute atomic E-state index is 0.0643. The second-order valence-electron chi connectivity index (χ2n) is 9.05. The van der Waals surface area contributed by atoms with Crippen molar-refractivity contribution in [2.75, 3.05) is 19.0 Å². The van der Waals surface area contributed by atoms with E-state index in [9.17, 15) is 29.3 Å². The Morgan fingerprint density at radius 3 is 2.58 bits per heavy atom. The van der Waals surface area contributed by atoms with E-state index < -0.39 is 34.3 Å². The number of anilines is 1. The first-order chi connectivity index (χ1) is 18.3. The SMILES string of the molecule is COC(=O)c1c(-c2ccc3c(c2)CCCC3)csc1NC(=O)CCN1C(=O)c2cccc([N+](=O)[O-])c2C1=O. The number of amides is 3. The summed E-state index contributed by atoms with van der Waals surface area (Å²) in [6.45, 7) is -0.272. The van der Waals surface area contributed by atoms with Crippen LogP contribution in [0.15, 0.2) is 41.8 Å². The number of methoxy groups -OCH3 is 1. The van der Waals surface area contributed by atoms with Crippen LogP contribution in [0.2, 0.25) is 0 Å². The molecular formula is C27H23N3O7S. The molecule has 11 heteroatoms. The molecular weight excluding hydrogens is 510 g/mol. The number of nitro benzene ring substituents is 1. The summed E-state index contributed by atoms with van der Waals surface area (Å²) in [6.07, 6.45) is 4.03. The number of carbonyl (C=O) groups excluding carboxylic acids is 4. The molecule has 0 saturated carbocycles. The number of esters is 1. The molecule has 2 aliphatic rings. The minimum Gasteiger partial charge on any atom is -0.465 e. The van der Waals surface area contributed by atoms with E-state index >= 15 is 0 Å². The molecule has 10 nitrogen and oxygen atoms in total. The van der Waals surface area contributed by atoms with Gasteiger partial charge >= 0.3 is 5.97 Å². The fourth-order valence-electron chi connectivity index (χ4n) is 4.94. The summed E-state index contributed by atoms with van der Waals surface area (Å²) in [5, 5.41) is 16.1. The van der Waals surface area contributed by atoms with Gasteiger partial charge in [0.1, 0.15) is 16.1 Å². The van der Waals surface area contributed by atoms with Crippen molar-refractivity contribution in [3.8, 4) is 11.1 Å². The van der Waals surface area contributed by atoms with Gasteiger partial charge in [-0.3, -0.25) is 29.4 Å². The Labute approximate surface area is 221 Å². The zero-order valence-electron chi connectivity index (χ0n) is 20.4. The van der Waals surface area contributed by atoms with Crippen LogP contribution in [0.5, 0.6) is 0 Å². The van der Waals surface area contributed by atoms with E-state index in [1.165, 1.54) is 41.7 Å². The van der Waals surface area contributed by atoms with Crippen LogP contribution in [0.3, 0.4) is 0 Å². The molecule has 0 spiro atoms. The number of benzene rings is 2. The molecule has 0 atom stereocenters. The average molecular weight is 534 g/mol. The van der Waals surface area contributed by atoms with Crippen molar-refractivity contribution in [3.05, 3.63) is 79.7 Å². The molecule has 3 aromatic rings. The van der Waals surface area contributed by atoms with E-state index in [2.05, 4.69) is 17.4 Å². The number of nitro groups is 1. The fraction of sp³-hybridized carbons (Fsp3) is 0.259. The zero-order valence-corrected chi connectivity index (χ0v) is 21.3. The normalized spacial score (nSPS) is 14.2. The summed E-state index contributed by atoms with van der Waals surface area (Å²) >= 11 is 1.18. The van der Waals surface area contributed by atoms with E-state index in [-0.39, 0.29) is 29.7 Å². The lowest BCUT2D eigenvalue weighted by atomic mass is 9.89. The van der Waals surface area contributed by atoms with Crippen molar-refractivity contribution < 1.29 is 28.8 Å². The summed E-state index contributed by atoms with van der Waals surface area (Å²) in [5.74, 6) is -2.63. The number of aryl methyl sites for hydroxylation is 2. The number of rotatable bonds is 7. The summed E-state index contributed by atoms with van der Waals surface area (Å²) in [4.78, 5) is 62.4. The lowest BCUT2D eigenvalue weighted by molar-refractivity contribution is -0.385. The van der Waals surface area contributed by atoms with E-state index in [0.717, 1.165) is 42.2 Å². The predicted octanol–water partition coefficient (Wildman–Crippen LogP) is 4.61. The molecule has 2 aromatic carbocycles. The van der Waals surface area contributed by atoms with Gasteiger partial charge in [0.25, 0.3) is 17.5 Å². The Kier molecular flexibility index (Phi) is 6.77. The van der Waals surface area contributed by atoms with Crippen LogP contribution >= 0.6 is 11.3 Å². The number of carbonyl (C=O) groups is 4. The molecule has 0 bridgehead atoms. The molecule has 0 saturated heterocycles. The van der Waals surface area contributed by atoms with E-state index in [0.29, 0.717) is 10.6 Å². The molecule has 38 heavy (non-hydrogen) atoms. The number of nitrogens with zero attached hydrogens (tertiary/aromatic N) is 2. The third-order valence-electron chi connectivity index (χ3n) is 6.83. The van der Waals surface area contributed by atoms with Gasteiger partial charge in [-0.25, -0.2) is 4.79 Å². The third-order valence-corrected chi connectivity index (χ3v) is 7.72. The van der Waals surface area contributed by atoms with Gasteiger partial charge in [0.05, 0.1) is 17.6 Å². The second kappa shape index (κ2) is 10.2. The van der Waals surface area contributed by atoms with Gasteiger partial charge in [0.15, 0.2) is 0 Å². The van der Waals surface area contributed by atoms with Crippen molar-refractivity contribution in [1.82, 2.24) is 4.90 Å². The van der Waals surface area contributed by atoms with E-state index in [4.69, 9.17) is 4.74 Å². The number of thiophene rings is 1. The van der Waals surface area contributed by atoms with Crippen LogP contribution in [-0.4, -0.2) is 47.2 Å². The van der Waals surface area contributed by atoms with Crippen LogP contribution in [0, 0.1) is 10.1 Å². The van der Waals surface area contributed by atoms with E-state index in [1.807, 2.05) is 6.07 Å². The highest BCUT2D eigenvalue weighted by Crippen LogP contribution is 2.38. The molecule has 2 heterocycles. The highest BCUT2D eigenvalue weighted by Gasteiger charge is 2.40. The van der Waals surface area contributed by atoms with Gasteiger partial charge in [0.2, 0.25) is 5.91 Å². The quantitative estimate of drug-likeness (QED) is 0.203. The molecule has 3 amide bonds. The Balaban J connectivity index is 1.33. The van der Waals surface area contributed by atoms with Gasteiger partial charge in [-0.15, -0.1) is 11.3 Å². The maximum atomic E-state index is 12.8. The van der Waals surface area contributed by atoms with Crippen LogP contribution < -0.4 is 5.32 Å². The molecule has 1 aromatic heterocycles. The average Bonchev–Trinajstić information content (AvgIpc) is 3.44. The minimum atomic E-state index is -0.814. The van der Waals surface area contributed by atoms with Crippen molar-refractivity contribution in [3.63, 3.8) is 0 Å². The number of nitrogens with one attached hydrogen (secondary N) is 1. The smallest absolute Gasteiger partial charge is 0.341 e. The monoisotopic (exact) mass is 533 g/mol. The summed E-state index contributed by atoms with van der Waals surface area (Å²) in [5.41, 5.74) is 3.51. The number of hydrogen-bond donors (Lipinski definition) is 1. The number of ether oxygens (including phenoxy) is 1. The van der Waals surface area contributed by atoms with Crippen LogP contribution in [0.25, 0.3) is 11.1 Å². The van der Waals surface area contributed by atoms with Crippen LogP contribution in [0.4, 0.5) is 10.7 Å². The lowest BCUT2D eigenvalue weighted by Gasteiger charge is -2.17. The first-order valence-electron chi connectivity index (χ1n) is 12.1. The second-order valence-corrected chi connectivity index (χ2v) is 9.93. The summed E-state index contributed by atoms with van der Waals surface area (Å²) in [6, 6.07) is 9.96. The first-order valence-corrected chi connectivity index (χ1v) is 12.9. The third kappa shape index (κ3) is 4.45. The lowest BCUT2D eigenvalue weighted by Crippen LogP contribution is -2.33. The molecule has 0 unspecified atom stereocenters. The Morgan fingerprint density at radius 1 is 1.08 bits per heavy atom. The molecule has 5 rings (SSSR count). The molecule has 1 N–H and O–H groups in total. The van der Waals surface area contributed by atoms with Gasteiger partial charge < -0.3 is 10.1 Å². The van der Waals surface area contributed by atoms with Gasteiger partial charge in [-0.05, 0) is 48.4 Å². The topological polar surface area (TPSA) is 136 Å². The number of hydrogen-bond acceptors (Lipinski definition) is 8. The Morgan fingerprint density at radius 2 is 1.84 bits per heavy atom. The summed E-state index contributed by atoms with van der Waals surface area (Å²) in [7, 11) is 1.27. The van der Waals surface area contributed by atoms with E-state index in [1.54, 1.807) is 5.38 Å².